The van der Waals surface area contributed by atoms with E-state index in [1.54, 1.807) is 7.11 Å². The number of benzene rings is 1. The van der Waals surface area contributed by atoms with Crippen molar-refractivity contribution in [2.75, 3.05) is 44.9 Å². The normalized spacial score (nSPS) is 20.8. The molecule has 3 rings (SSSR count). The van der Waals surface area contributed by atoms with E-state index in [1.807, 2.05) is 0 Å². The first-order valence-corrected chi connectivity index (χ1v) is 8.86. The Hall–Kier alpha value is -1.42. The molecular weight excluding hydrogens is 286 g/mol. The van der Waals surface area contributed by atoms with Gasteiger partial charge in [0.1, 0.15) is 5.75 Å². The maximum atomic E-state index is 6.08. The lowest BCUT2D eigenvalue weighted by Crippen LogP contribution is -2.53. The van der Waals surface area contributed by atoms with Crippen molar-refractivity contribution in [2.45, 2.75) is 45.1 Å². The molecule has 4 nitrogen and oxygen atoms in total. The van der Waals surface area contributed by atoms with E-state index in [0.717, 1.165) is 37.0 Å². The van der Waals surface area contributed by atoms with Crippen molar-refractivity contribution in [1.29, 1.82) is 0 Å². The van der Waals surface area contributed by atoms with Crippen LogP contribution in [0.5, 0.6) is 5.75 Å². The summed E-state index contributed by atoms with van der Waals surface area (Å²) in [5.41, 5.74) is 10.1. The van der Waals surface area contributed by atoms with Gasteiger partial charge in [0.05, 0.1) is 12.8 Å². The molecule has 2 aliphatic rings. The summed E-state index contributed by atoms with van der Waals surface area (Å²) in [6.45, 7) is 4.50. The van der Waals surface area contributed by atoms with Crippen molar-refractivity contribution in [2.24, 2.45) is 5.41 Å². The average Bonchev–Trinajstić information content (AvgIpc) is 2.52. The molecule has 1 aromatic rings. The Kier molecular flexibility index (Phi) is 4.45. The molecule has 0 radical (unpaired) electrons. The van der Waals surface area contributed by atoms with Gasteiger partial charge in [0.15, 0.2) is 0 Å². The number of aryl methyl sites for hydroxylation is 1. The number of nitrogen functional groups attached to an aromatic ring is 1. The summed E-state index contributed by atoms with van der Waals surface area (Å²) in [6, 6.07) is 5.02. The minimum atomic E-state index is 0.607. The van der Waals surface area contributed by atoms with E-state index in [1.165, 1.54) is 36.9 Å². The molecule has 0 amide bonds. The second kappa shape index (κ2) is 6.23. The zero-order valence-corrected chi connectivity index (χ0v) is 15.1. The third-order valence-electron chi connectivity index (χ3n) is 6.04. The van der Waals surface area contributed by atoms with Gasteiger partial charge in [-0.3, -0.25) is 0 Å². The first kappa shape index (κ1) is 16.4. The molecule has 128 valence electrons. The van der Waals surface area contributed by atoms with Crippen LogP contribution >= 0.6 is 0 Å². The molecule has 0 unspecified atom stereocenters. The SMILES string of the molecule is CCc1cc(N)c(OC)cc1N1CCC2(CC1)CC(N(C)C)C2. The number of hydrogen-bond donors (Lipinski definition) is 1. The van der Waals surface area contributed by atoms with Gasteiger partial charge < -0.3 is 20.3 Å². The number of piperidine rings is 1. The Labute approximate surface area is 140 Å². The van der Waals surface area contributed by atoms with E-state index in [4.69, 9.17) is 10.5 Å². The predicted molar refractivity (Wildman–Crippen MR) is 97.4 cm³/mol. The highest BCUT2D eigenvalue weighted by Crippen LogP contribution is 2.51. The Morgan fingerprint density at radius 3 is 2.43 bits per heavy atom. The fourth-order valence-electron chi connectivity index (χ4n) is 4.32. The number of nitrogens with zero attached hydrogens (tertiary/aromatic N) is 2. The van der Waals surface area contributed by atoms with E-state index in [0.29, 0.717) is 5.41 Å². The van der Waals surface area contributed by atoms with Gasteiger partial charge in [-0.2, -0.15) is 0 Å². The van der Waals surface area contributed by atoms with Gasteiger partial charge >= 0.3 is 0 Å². The average molecular weight is 317 g/mol. The van der Waals surface area contributed by atoms with Crippen LogP contribution in [-0.2, 0) is 6.42 Å². The molecule has 0 aromatic heterocycles. The third kappa shape index (κ3) is 3.01. The van der Waals surface area contributed by atoms with Gasteiger partial charge in [-0.15, -0.1) is 0 Å². The number of nitrogens with two attached hydrogens (primary N) is 1. The molecule has 1 saturated carbocycles. The zero-order chi connectivity index (χ0) is 16.6. The van der Waals surface area contributed by atoms with E-state index < -0.39 is 0 Å². The van der Waals surface area contributed by atoms with Crippen molar-refractivity contribution in [3.8, 4) is 5.75 Å². The highest BCUT2D eigenvalue weighted by Gasteiger charge is 2.46. The largest absolute Gasteiger partial charge is 0.495 e. The highest BCUT2D eigenvalue weighted by atomic mass is 16.5. The van der Waals surface area contributed by atoms with Gasteiger partial charge in [0.2, 0.25) is 0 Å². The number of ether oxygens (including phenoxy) is 1. The predicted octanol–water partition coefficient (Wildman–Crippen LogP) is 3.15. The summed E-state index contributed by atoms with van der Waals surface area (Å²) in [5, 5.41) is 0. The highest BCUT2D eigenvalue weighted by molar-refractivity contribution is 5.67. The van der Waals surface area contributed by atoms with Gasteiger partial charge in [-0.05, 0) is 63.2 Å². The molecule has 1 aromatic carbocycles. The van der Waals surface area contributed by atoms with Crippen LogP contribution in [0.1, 0.15) is 38.2 Å². The van der Waals surface area contributed by atoms with Crippen LogP contribution in [0.2, 0.25) is 0 Å². The van der Waals surface area contributed by atoms with E-state index in [-0.39, 0.29) is 0 Å². The standard InChI is InChI=1S/C19H31N3O/c1-5-14-10-16(20)18(23-4)11-17(14)22-8-6-19(7-9-22)12-15(13-19)21(2)3/h10-11,15H,5-9,12-13,20H2,1-4H3. The quantitative estimate of drug-likeness (QED) is 0.866. The number of hydrogen-bond acceptors (Lipinski definition) is 4. The zero-order valence-electron chi connectivity index (χ0n) is 15.1. The minimum Gasteiger partial charge on any atom is -0.495 e. The molecule has 1 aliphatic heterocycles. The van der Waals surface area contributed by atoms with Crippen LogP contribution in [0.4, 0.5) is 11.4 Å². The maximum absolute atomic E-state index is 6.08. The fraction of sp³-hybridized carbons (Fsp3) is 0.684. The molecule has 1 heterocycles. The van der Waals surface area contributed by atoms with Gasteiger partial charge in [0, 0.05) is 30.9 Å². The van der Waals surface area contributed by atoms with E-state index >= 15 is 0 Å². The summed E-state index contributed by atoms with van der Waals surface area (Å²) < 4.78 is 5.43. The number of rotatable bonds is 4. The first-order chi connectivity index (χ1) is 11.0. The van der Waals surface area contributed by atoms with Gasteiger partial charge in [-0.1, -0.05) is 6.92 Å². The molecule has 1 spiro atoms. The topological polar surface area (TPSA) is 41.7 Å². The van der Waals surface area contributed by atoms with Crippen molar-refractivity contribution in [3.63, 3.8) is 0 Å². The molecule has 2 fully saturated rings. The molecular formula is C19H31N3O. The lowest BCUT2D eigenvalue weighted by Gasteiger charge is -2.54. The van der Waals surface area contributed by atoms with Crippen LogP contribution in [0, 0.1) is 5.41 Å². The molecule has 2 N–H and O–H groups in total. The minimum absolute atomic E-state index is 0.607. The Bertz CT molecular complexity index is 554. The summed E-state index contributed by atoms with van der Waals surface area (Å²) >= 11 is 0. The van der Waals surface area contributed by atoms with Crippen molar-refractivity contribution < 1.29 is 4.74 Å². The number of methoxy groups -OCH3 is 1. The summed E-state index contributed by atoms with van der Waals surface area (Å²) in [5.74, 6) is 0.800. The molecule has 4 heteroatoms. The van der Waals surface area contributed by atoms with Crippen LogP contribution in [0.25, 0.3) is 0 Å². The second-order valence-corrected chi connectivity index (χ2v) is 7.59. The Morgan fingerprint density at radius 1 is 1.26 bits per heavy atom. The Balaban J connectivity index is 1.71. The molecule has 23 heavy (non-hydrogen) atoms. The molecule has 0 atom stereocenters. The van der Waals surface area contributed by atoms with Crippen LogP contribution < -0.4 is 15.4 Å². The Morgan fingerprint density at radius 2 is 1.91 bits per heavy atom. The smallest absolute Gasteiger partial charge is 0.143 e. The fourth-order valence-corrected chi connectivity index (χ4v) is 4.32. The maximum Gasteiger partial charge on any atom is 0.143 e. The summed E-state index contributed by atoms with van der Waals surface area (Å²) in [6.07, 6.45) is 6.38. The van der Waals surface area contributed by atoms with Crippen LogP contribution in [0.15, 0.2) is 12.1 Å². The lowest BCUT2D eigenvalue weighted by atomic mass is 9.60. The van der Waals surface area contributed by atoms with Gasteiger partial charge in [-0.25, -0.2) is 0 Å². The monoisotopic (exact) mass is 317 g/mol. The first-order valence-electron chi connectivity index (χ1n) is 8.86. The third-order valence-corrected chi connectivity index (χ3v) is 6.04. The van der Waals surface area contributed by atoms with Crippen molar-refractivity contribution >= 4 is 11.4 Å². The molecule has 1 aliphatic carbocycles. The second-order valence-electron chi connectivity index (χ2n) is 7.59. The van der Waals surface area contributed by atoms with Crippen LogP contribution in [-0.4, -0.2) is 45.2 Å². The summed E-state index contributed by atoms with van der Waals surface area (Å²) in [4.78, 5) is 4.92. The number of anilines is 2. The van der Waals surface area contributed by atoms with E-state index in [9.17, 15) is 0 Å². The van der Waals surface area contributed by atoms with Crippen molar-refractivity contribution in [3.05, 3.63) is 17.7 Å². The van der Waals surface area contributed by atoms with Crippen LogP contribution in [0.3, 0.4) is 0 Å². The van der Waals surface area contributed by atoms with Gasteiger partial charge in [0.25, 0.3) is 0 Å². The van der Waals surface area contributed by atoms with Crippen molar-refractivity contribution in [1.82, 2.24) is 4.90 Å². The lowest BCUT2D eigenvalue weighted by molar-refractivity contribution is 0.00488. The molecule has 0 bridgehead atoms. The molecule has 1 saturated heterocycles. The van der Waals surface area contributed by atoms with E-state index in [2.05, 4.69) is 43.0 Å². The summed E-state index contributed by atoms with van der Waals surface area (Å²) in [7, 11) is 6.11.